The van der Waals surface area contributed by atoms with E-state index in [-0.39, 0.29) is 31.3 Å². The molecule has 2 rings (SSSR count). The van der Waals surface area contributed by atoms with Crippen molar-refractivity contribution in [2.24, 2.45) is 17.8 Å². The molecule has 2 amide bonds. The highest BCUT2D eigenvalue weighted by molar-refractivity contribution is 5.80. The van der Waals surface area contributed by atoms with E-state index in [1.807, 2.05) is 49.4 Å². The fourth-order valence-electron chi connectivity index (χ4n) is 4.02. The molecule has 7 heteroatoms. The molecule has 0 heterocycles. The van der Waals surface area contributed by atoms with Crippen LogP contribution in [0.15, 0.2) is 36.4 Å². The number of carbonyl (C=O) groups is 2. The fraction of sp³-hybridized carbons (Fsp3) is 0.600. The van der Waals surface area contributed by atoms with Gasteiger partial charge in [-0.25, -0.2) is 5.48 Å². The Morgan fingerprint density at radius 1 is 1.16 bits per heavy atom. The molecule has 1 aromatic carbocycles. The van der Waals surface area contributed by atoms with Gasteiger partial charge in [-0.2, -0.15) is 0 Å². The molecule has 1 aliphatic rings. The summed E-state index contributed by atoms with van der Waals surface area (Å²) in [6.45, 7) is 5.02. The van der Waals surface area contributed by atoms with Crippen molar-refractivity contribution in [3.8, 4) is 0 Å². The molecule has 0 aromatic heterocycles. The number of rotatable bonds is 13. The maximum atomic E-state index is 12.9. The zero-order chi connectivity index (χ0) is 23.2. The molecule has 1 fully saturated rings. The molecule has 3 N–H and O–H groups in total. The highest BCUT2D eigenvalue weighted by atomic mass is 16.7. The summed E-state index contributed by atoms with van der Waals surface area (Å²) in [5.41, 5.74) is 2.80. The zero-order valence-corrected chi connectivity index (χ0v) is 19.3. The van der Waals surface area contributed by atoms with Gasteiger partial charge in [0, 0.05) is 18.4 Å². The lowest BCUT2D eigenvalue weighted by molar-refractivity contribution is -0.135. The van der Waals surface area contributed by atoms with Crippen LogP contribution in [-0.2, 0) is 19.1 Å². The van der Waals surface area contributed by atoms with E-state index in [2.05, 4.69) is 12.2 Å². The van der Waals surface area contributed by atoms with E-state index in [0.717, 1.165) is 31.2 Å². The summed E-state index contributed by atoms with van der Waals surface area (Å²) in [4.78, 5) is 25.2. The molecule has 1 aromatic rings. The molecular formula is C25H38N2O5. The molecule has 178 valence electrons. The minimum Gasteiger partial charge on any atom is -0.356 e. The van der Waals surface area contributed by atoms with Crippen molar-refractivity contribution < 1.29 is 24.3 Å². The Morgan fingerprint density at radius 2 is 1.88 bits per heavy atom. The molecule has 1 saturated carbocycles. The van der Waals surface area contributed by atoms with E-state index < -0.39 is 11.8 Å². The van der Waals surface area contributed by atoms with Gasteiger partial charge in [0.25, 0.3) is 0 Å². The average molecular weight is 447 g/mol. The average Bonchev–Trinajstić information content (AvgIpc) is 2.81. The summed E-state index contributed by atoms with van der Waals surface area (Å²) in [7, 11) is 0. The minimum absolute atomic E-state index is 0.00341. The lowest BCUT2D eigenvalue weighted by Crippen LogP contribution is -2.45. The van der Waals surface area contributed by atoms with Gasteiger partial charge in [-0.3, -0.25) is 14.8 Å². The lowest BCUT2D eigenvalue weighted by atomic mass is 9.82. The summed E-state index contributed by atoms with van der Waals surface area (Å²) in [6.07, 6.45) is 8.54. The van der Waals surface area contributed by atoms with Crippen LogP contribution in [0, 0.1) is 17.8 Å². The van der Waals surface area contributed by atoms with Crippen LogP contribution in [0.5, 0.6) is 0 Å². The van der Waals surface area contributed by atoms with Gasteiger partial charge >= 0.3 is 0 Å². The minimum atomic E-state index is -0.507. The Bertz CT molecular complexity index is 702. The van der Waals surface area contributed by atoms with Gasteiger partial charge in [0.1, 0.15) is 6.79 Å². The standard InChI is InChI=1S/C25H38N2O5/c1-3-31-18-32-17-23(26-24(28)21-14-12-19(2)13-15-21)16-22(25(29)27-30)11-7-10-20-8-5-4-6-9-20/h4-10,19,21-23,30H,3,11-18H2,1-2H3,(H,26,28)(H,27,29)/b10-7+. The number of allylic oxidation sites excluding steroid dienone is 1. The van der Waals surface area contributed by atoms with Gasteiger partial charge in [-0.05, 0) is 56.9 Å². The Kier molecular flexibility index (Phi) is 12.0. The fourth-order valence-corrected chi connectivity index (χ4v) is 4.02. The number of benzene rings is 1. The monoisotopic (exact) mass is 446 g/mol. The van der Waals surface area contributed by atoms with Crippen molar-refractivity contribution in [2.75, 3.05) is 20.0 Å². The highest BCUT2D eigenvalue weighted by Crippen LogP contribution is 2.28. The number of hydrogen-bond donors (Lipinski definition) is 3. The van der Waals surface area contributed by atoms with E-state index in [1.54, 1.807) is 5.48 Å². The first kappa shape index (κ1) is 26.0. The molecule has 2 atom stereocenters. The molecular weight excluding hydrogens is 408 g/mol. The van der Waals surface area contributed by atoms with Gasteiger partial charge < -0.3 is 14.8 Å². The van der Waals surface area contributed by atoms with Crippen molar-refractivity contribution in [1.29, 1.82) is 0 Å². The molecule has 7 nitrogen and oxygen atoms in total. The molecule has 0 spiro atoms. The molecule has 0 aliphatic heterocycles. The Hall–Kier alpha value is -2.22. The van der Waals surface area contributed by atoms with Crippen molar-refractivity contribution in [1.82, 2.24) is 10.8 Å². The first-order valence-corrected chi connectivity index (χ1v) is 11.6. The third kappa shape index (κ3) is 9.51. The van der Waals surface area contributed by atoms with Crippen LogP contribution in [0.1, 0.15) is 57.9 Å². The summed E-state index contributed by atoms with van der Waals surface area (Å²) in [6, 6.07) is 9.45. The van der Waals surface area contributed by atoms with Gasteiger partial charge in [-0.15, -0.1) is 0 Å². The van der Waals surface area contributed by atoms with Gasteiger partial charge in [0.05, 0.1) is 12.6 Å². The van der Waals surface area contributed by atoms with E-state index in [4.69, 9.17) is 9.47 Å². The van der Waals surface area contributed by atoms with E-state index in [0.29, 0.717) is 25.4 Å². The number of ether oxygens (including phenoxy) is 2. The first-order valence-electron chi connectivity index (χ1n) is 11.6. The summed E-state index contributed by atoms with van der Waals surface area (Å²) >= 11 is 0. The second-order valence-electron chi connectivity index (χ2n) is 8.60. The van der Waals surface area contributed by atoms with Gasteiger partial charge in [0.2, 0.25) is 11.8 Å². The molecule has 32 heavy (non-hydrogen) atoms. The zero-order valence-electron chi connectivity index (χ0n) is 19.3. The predicted molar refractivity (Wildman–Crippen MR) is 124 cm³/mol. The van der Waals surface area contributed by atoms with Gasteiger partial charge in [-0.1, -0.05) is 49.4 Å². The number of amides is 2. The Morgan fingerprint density at radius 3 is 2.53 bits per heavy atom. The lowest BCUT2D eigenvalue weighted by Gasteiger charge is -2.28. The van der Waals surface area contributed by atoms with Crippen LogP contribution in [-0.4, -0.2) is 43.1 Å². The molecule has 0 saturated heterocycles. The smallest absolute Gasteiger partial charge is 0.246 e. The number of nitrogens with one attached hydrogen (secondary N) is 2. The number of hydroxylamine groups is 1. The van der Waals surface area contributed by atoms with Crippen molar-refractivity contribution in [3.05, 3.63) is 42.0 Å². The quantitative estimate of drug-likeness (QED) is 0.185. The van der Waals surface area contributed by atoms with Crippen molar-refractivity contribution >= 4 is 17.9 Å². The van der Waals surface area contributed by atoms with Crippen LogP contribution in [0.2, 0.25) is 0 Å². The normalized spacial score (nSPS) is 20.6. The van der Waals surface area contributed by atoms with Crippen molar-refractivity contribution in [3.63, 3.8) is 0 Å². The second kappa shape index (κ2) is 14.8. The van der Waals surface area contributed by atoms with E-state index >= 15 is 0 Å². The molecule has 0 bridgehead atoms. The maximum Gasteiger partial charge on any atom is 0.246 e. The summed E-state index contributed by atoms with van der Waals surface area (Å²) in [5.74, 6) is -0.294. The van der Waals surface area contributed by atoms with Crippen LogP contribution in [0.4, 0.5) is 0 Å². The third-order valence-electron chi connectivity index (χ3n) is 6.00. The molecule has 2 unspecified atom stereocenters. The SMILES string of the molecule is CCOCOCC(CC(C/C=C/c1ccccc1)C(=O)NO)NC(=O)C1CCC(C)CC1. The predicted octanol–water partition coefficient (Wildman–Crippen LogP) is 3.92. The number of hydrogen-bond acceptors (Lipinski definition) is 5. The first-order chi connectivity index (χ1) is 15.5. The third-order valence-corrected chi connectivity index (χ3v) is 6.00. The van der Waals surface area contributed by atoms with Crippen LogP contribution >= 0.6 is 0 Å². The molecule has 0 radical (unpaired) electrons. The van der Waals surface area contributed by atoms with Crippen LogP contribution < -0.4 is 10.8 Å². The Labute approximate surface area is 191 Å². The Balaban J connectivity index is 2.00. The van der Waals surface area contributed by atoms with Crippen LogP contribution in [0.25, 0.3) is 6.08 Å². The van der Waals surface area contributed by atoms with Crippen molar-refractivity contribution in [2.45, 2.75) is 58.4 Å². The number of carbonyl (C=O) groups excluding carboxylic acids is 2. The second-order valence-corrected chi connectivity index (χ2v) is 8.60. The topological polar surface area (TPSA) is 96.9 Å². The summed E-state index contributed by atoms with van der Waals surface area (Å²) in [5, 5.41) is 12.3. The largest absolute Gasteiger partial charge is 0.356 e. The molecule has 1 aliphatic carbocycles. The maximum absolute atomic E-state index is 12.9. The van der Waals surface area contributed by atoms with E-state index in [1.165, 1.54) is 0 Å². The van der Waals surface area contributed by atoms with E-state index in [9.17, 15) is 14.8 Å². The van der Waals surface area contributed by atoms with Gasteiger partial charge in [0.15, 0.2) is 0 Å². The van der Waals surface area contributed by atoms with Crippen LogP contribution in [0.3, 0.4) is 0 Å². The highest BCUT2D eigenvalue weighted by Gasteiger charge is 2.28. The summed E-state index contributed by atoms with van der Waals surface area (Å²) < 4.78 is 10.8.